The summed E-state index contributed by atoms with van der Waals surface area (Å²) in [4.78, 5) is 12.0. The molecule has 0 aliphatic rings. The molecule has 0 aromatic heterocycles. The van der Waals surface area contributed by atoms with Crippen molar-refractivity contribution in [3.05, 3.63) is 84.4 Å². The second-order valence-corrected chi connectivity index (χ2v) is 5.39. The molecule has 4 heteroatoms. The lowest BCUT2D eigenvalue weighted by Crippen LogP contribution is -2.19. The fraction of sp³-hybridized carbons (Fsp3) is 0.0500. The fourth-order valence-electron chi connectivity index (χ4n) is 2.25. The van der Waals surface area contributed by atoms with Crippen LogP contribution >= 0.6 is 0 Å². The van der Waals surface area contributed by atoms with Gasteiger partial charge in [-0.3, -0.25) is 0 Å². The first-order valence-corrected chi connectivity index (χ1v) is 7.67. The second-order valence-electron chi connectivity index (χ2n) is 5.39. The minimum absolute atomic E-state index is 0.280. The normalized spacial score (nSPS) is 10.0. The van der Waals surface area contributed by atoms with Gasteiger partial charge in [-0.05, 0) is 61.0 Å². The van der Waals surface area contributed by atoms with E-state index in [0.717, 1.165) is 17.0 Å². The molecule has 0 saturated heterocycles. The van der Waals surface area contributed by atoms with Gasteiger partial charge in [0.1, 0.15) is 11.5 Å². The number of ether oxygens (including phenoxy) is 1. The molecule has 2 amide bonds. The predicted molar refractivity (Wildman–Crippen MR) is 96.8 cm³/mol. The third-order valence-corrected chi connectivity index (χ3v) is 3.37. The Bertz CT molecular complexity index is 815. The number of hydrogen-bond donors (Lipinski definition) is 2. The first-order valence-electron chi connectivity index (χ1n) is 7.67. The highest BCUT2D eigenvalue weighted by Crippen LogP contribution is 2.22. The number of urea groups is 1. The van der Waals surface area contributed by atoms with Crippen molar-refractivity contribution in [2.75, 3.05) is 10.6 Å². The molecule has 120 valence electrons. The van der Waals surface area contributed by atoms with Crippen molar-refractivity contribution >= 4 is 17.4 Å². The van der Waals surface area contributed by atoms with Crippen LogP contribution < -0.4 is 15.4 Å². The molecule has 24 heavy (non-hydrogen) atoms. The van der Waals surface area contributed by atoms with E-state index in [1.54, 1.807) is 12.1 Å². The average Bonchev–Trinajstić information content (AvgIpc) is 2.57. The molecule has 0 aliphatic heterocycles. The number of carbonyl (C=O) groups excluding carboxylic acids is 1. The zero-order chi connectivity index (χ0) is 16.8. The number of aryl methyl sites for hydroxylation is 1. The van der Waals surface area contributed by atoms with Gasteiger partial charge in [-0.25, -0.2) is 4.79 Å². The van der Waals surface area contributed by atoms with Crippen LogP contribution in [-0.2, 0) is 0 Å². The Morgan fingerprint density at radius 2 is 1.42 bits per heavy atom. The lowest BCUT2D eigenvalue weighted by atomic mass is 10.2. The highest BCUT2D eigenvalue weighted by atomic mass is 16.5. The van der Waals surface area contributed by atoms with Crippen LogP contribution in [0.25, 0.3) is 0 Å². The topological polar surface area (TPSA) is 50.4 Å². The van der Waals surface area contributed by atoms with E-state index in [-0.39, 0.29) is 6.03 Å². The number of amides is 2. The van der Waals surface area contributed by atoms with E-state index in [2.05, 4.69) is 10.6 Å². The molecule has 0 heterocycles. The lowest BCUT2D eigenvalue weighted by molar-refractivity contribution is 0.262. The molecule has 2 N–H and O–H groups in total. The van der Waals surface area contributed by atoms with Gasteiger partial charge in [0, 0.05) is 11.4 Å². The molecule has 3 rings (SSSR count). The van der Waals surface area contributed by atoms with Crippen molar-refractivity contribution in [1.82, 2.24) is 0 Å². The van der Waals surface area contributed by atoms with Crippen LogP contribution in [0.4, 0.5) is 16.2 Å². The minimum atomic E-state index is -0.280. The van der Waals surface area contributed by atoms with Crippen molar-refractivity contribution in [3.8, 4) is 11.5 Å². The SMILES string of the molecule is Cc1cccc(NC(=O)Nc2ccc(Oc3ccccc3)cc2)c1. The molecule has 0 fully saturated rings. The van der Waals surface area contributed by atoms with Crippen LogP contribution in [0.15, 0.2) is 78.9 Å². The summed E-state index contributed by atoms with van der Waals surface area (Å²) in [5.74, 6) is 1.49. The molecule has 0 bridgehead atoms. The summed E-state index contributed by atoms with van der Waals surface area (Å²) in [6.07, 6.45) is 0. The first-order chi connectivity index (χ1) is 11.7. The number of nitrogens with one attached hydrogen (secondary N) is 2. The molecule has 0 saturated carbocycles. The van der Waals surface area contributed by atoms with Gasteiger partial charge >= 0.3 is 6.03 Å². The summed E-state index contributed by atoms with van der Waals surface area (Å²) in [7, 11) is 0. The Kier molecular flexibility index (Phi) is 4.77. The highest BCUT2D eigenvalue weighted by Gasteiger charge is 2.03. The van der Waals surface area contributed by atoms with Gasteiger partial charge in [0.25, 0.3) is 0 Å². The van der Waals surface area contributed by atoms with E-state index in [1.165, 1.54) is 0 Å². The van der Waals surface area contributed by atoms with Crippen LogP contribution in [0.5, 0.6) is 11.5 Å². The summed E-state index contributed by atoms with van der Waals surface area (Å²) in [5, 5.41) is 5.60. The molecule has 3 aromatic rings. The van der Waals surface area contributed by atoms with Gasteiger partial charge in [0.15, 0.2) is 0 Å². The molecule has 0 radical (unpaired) electrons. The average molecular weight is 318 g/mol. The molecular formula is C20H18N2O2. The van der Waals surface area contributed by atoms with E-state index in [1.807, 2.05) is 73.7 Å². The quantitative estimate of drug-likeness (QED) is 0.673. The van der Waals surface area contributed by atoms with E-state index in [0.29, 0.717) is 11.4 Å². The largest absolute Gasteiger partial charge is 0.457 e. The van der Waals surface area contributed by atoms with Crippen molar-refractivity contribution in [1.29, 1.82) is 0 Å². The number of hydrogen-bond acceptors (Lipinski definition) is 2. The highest BCUT2D eigenvalue weighted by molar-refractivity contribution is 5.99. The van der Waals surface area contributed by atoms with E-state index >= 15 is 0 Å². The van der Waals surface area contributed by atoms with Gasteiger partial charge in [0.05, 0.1) is 0 Å². The van der Waals surface area contributed by atoms with Gasteiger partial charge in [-0.2, -0.15) is 0 Å². The summed E-state index contributed by atoms with van der Waals surface area (Å²) >= 11 is 0. The van der Waals surface area contributed by atoms with Crippen LogP contribution in [-0.4, -0.2) is 6.03 Å². The summed E-state index contributed by atoms with van der Waals surface area (Å²) in [6, 6.07) is 24.1. The monoisotopic (exact) mass is 318 g/mol. The molecule has 0 aliphatic carbocycles. The molecule has 0 spiro atoms. The van der Waals surface area contributed by atoms with Gasteiger partial charge < -0.3 is 15.4 Å². The number of rotatable bonds is 4. The third-order valence-electron chi connectivity index (χ3n) is 3.37. The number of carbonyl (C=O) groups is 1. The minimum Gasteiger partial charge on any atom is -0.457 e. The summed E-state index contributed by atoms with van der Waals surface area (Å²) < 4.78 is 5.72. The van der Waals surface area contributed by atoms with Crippen LogP contribution in [0.1, 0.15) is 5.56 Å². The van der Waals surface area contributed by atoms with Gasteiger partial charge in [-0.15, -0.1) is 0 Å². The number of para-hydroxylation sites is 1. The van der Waals surface area contributed by atoms with Gasteiger partial charge in [-0.1, -0.05) is 30.3 Å². The fourth-order valence-corrected chi connectivity index (χ4v) is 2.25. The standard InChI is InChI=1S/C20H18N2O2/c1-15-6-5-7-17(14-15)22-20(23)21-16-10-12-19(13-11-16)24-18-8-3-2-4-9-18/h2-14H,1H3,(H2,21,22,23). The third kappa shape index (κ3) is 4.36. The molecule has 3 aromatic carbocycles. The van der Waals surface area contributed by atoms with E-state index < -0.39 is 0 Å². The zero-order valence-corrected chi connectivity index (χ0v) is 13.3. The second kappa shape index (κ2) is 7.33. The zero-order valence-electron chi connectivity index (χ0n) is 13.3. The predicted octanol–water partition coefficient (Wildman–Crippen LogP) is 5.43. The lowest BCUT2D eigenvalue weighted by Gasteiger charge is -2.09. The molecule has 0 atom stereocenters. The Morgan fingerprint density at radius 1 is 0.750 bits per heavy atom. The first kappa shape index (κ1) is 15.6. The van der Waals surface area contributed by atoms with Gasteiger partial charge in [0.2, 0.25) is 0 Å². The number of anilines is 2. The maximum atomic E-state index is 12.0. The number of benzene rings is 3. The molecule has 4 nitrogen and oxygen atoms in total. The van der Waals surface area contributed by atoms with E-state index in [9.17, 15) is 4.79 Å². The van der Waals surface area contributed by atoms with Crippen LogP contribution in [0, 0.1) is 6.92 Å². The molecule has 0 unspecified atom stereocenters. The maximum absolute atomic E-state index is 12.0. The Morgan fingerprint density at radius 3 is 2.12 bits per heavy atom. The Hall–Kier alpha value is -3.27. The maximum Gasteiger partial charge on any atom is 0.323 e. The van der Waals surface area contributed by atoms with Crippen molar-refractivity contribution in [2.24, 2.45) is 0 Å². The van der Waals surface area contributed by atoms with Crippen LogP contribution in [0.3, 0.4) is 0 Å². The van der Waals surface area contributed by atoms with Crippen molar-refractivity contribution in [3.63, 3.8) is 0 Å². The Balaban J connectivity index is 1.58. The smallest absolute Gasteiger partial charge is 0.323 e. The van der Waals surface area contributed by atoms with Crippen molar-refractivity contribution in [2.45, 2.75) is 6.92 Å². The molecular weight excluding hydrogens is 300 g/mol. The Labute approximate surface area is 141 Å². The van der Waals surface area contributed by atoms with Crippen LogP contribution in [0.2, 0.25) is 0 Å². The van der Waals surface area contributed by atoms with E-state index in [4.69, 9.17) is 4.74 Å². The summed E-state index contributed by atoms with van der Waals surface area (Å²) in [6.45, 7) is 1.98. The summed E-state index contributed by atoms with van der Waals surface area (Å²) in [5.41, 5.74) is 2.55. The van der Waals surface area contributed by atoms with Crippen molar-refractivity contribution < 1.29 is 9.53 Å².